The highest BCUT2D eigenvalue weighted by atomic mass is 14.6. The van der Waals surface area contributed by atoms with E-state index in [1.807, 2.05) is 12.1 Å². The number of rotatable bonds is 1. The van der Waals surface area contributed by atoms with Crippen molar-refractivity contribution in [2.45, 2.75) is 13.8 Å². The van der Waals surface area contributed by atoms with E-state index >= 15 is 0 Å². The third-order valence-electron chi connectivity index (χ3n) is 4.84. The van der Waals surface area contributed by atoms with E-state index in [4.69, 9.17) is 0 Å². The molecule has 0 N–H and O–H groups in total. The van der Waals surface area contributed by atoms with Gasteiger partial charge in [0, 0.05) is 23.5 Å². The van der Waals surface area contributed by atoms with Crippen LogP contribution in [0.2, 0.25) is 0 Å². The Morgan fingerprint density at radius 3 is 2.19 bits per heavy atom. The van der Waals surface area contributed by atoms with Gasteiger partial charge in [-0.1, -0.05) is 48.2 Å². The number of aryl methyl sites for hydroxylation is 1. The van der Waals surface area contributed by atoms with Crippen molar-refractivity contribution >= 4 is 10.8 Å². The van der Waals surface area contributed by atoms with Crippen LogP contribution >= 0.6 is 0 Å². The molecular formula is C25H19N. The van der Waals surface area contributed by atoms with Crippen LogP contribution in [0.4, 0.5) is 0 Å². The maximum absolute atomic E-state index is 4.03. The van der Waals surface area contributed by atoms with Gasteiger partial charge in [0.1, 0.15) is 0 Å². The highest BCUT2D eigenvalue weighted by Gasteiger charge is 2.08. The summed E-state index contributed by atoms with van der Waals surface area (Å²) in [5.74, 6) is 6.48. The van der Waals surface area contributed by atoms with Crippen LogP contribution in [0, 0.1) is 25.7 Å². The lowest BCUT2D eigenvalue weighted by atomic mass is 9.91. The molecule has 0 aliphatic rings. The van der Waals surface area contributed by atoms with Crippen molar-refractivity contribution < 1.29 is 0 Å². The zero-order chi connectivity index (χ0) is 17.9. The molecule has 0 atom stereocenters. The zero-order valence-electron chi connectivity index (χ0n) is 15.0. The Balaban J connectivity index is 1.83. The number of hydrogen-bond acceptors (Lipinski definition) is 1. The number of benzene rings is 3. The smallest absolute Gasteiger partial charge is 0.0280 e. The lowest BCUT2D eigenvalue weighted by Crippen LogP contribution is -1.91. The van der Waals surface area contributed by atoms with Gasteiger partial charge in [0.15, 0.2) is 0 Å². The number of pyridine rings is 1. The predicted octanol–water partition coefficient (Wildman–Crippen LogP) is 5.92. The summed E-state index contributed by atoms with van der Waals surface area (Å²) < 4.78 is 0. The fourth-order valence-corrected chi connectivity index (χ4v) is 3.27. The molecule has 124 valence electrons. The van der Waals surface area contributed by atoms with Gasteiger partial charge in [-0.3, -0.25) is 4.98 Å². The van der Waals surface area contributed by atoms with E-state index in [0.29, 0.717) is 0 Å². The maximum Gasteiger partial charge on any atom is 0.0280 e. The van der Waals surface area contributed by atoms with Gasteiger partial charge in [-0.15, -0.1) is 0 Å². The molecule has 0 saturated heterocycles. The Hall–Kier alpha value is -3.37. The maximum atomic E-state index is 4.03. The first-order valence-corrected chi connectivity index (χ1v) is 8.74. The molecule has 0 bridgehead atoms. The Labute approximate surface area is 154 Å². The van der Waals surface area contributed by atoms with Crippen LogP contribution in [0.5, 0.6) is 0 Å². The predicted molar refractivity (Wildman–Crippen MR) is 109 cm³/mol. The lowest BCUT2D eigenvalue weighted by molar-refractivity contribution is 1.32. The average Bonchev–Trinajstić information content (AvgIpc) is 2.70. The van der Waals surface area contributed by atoms with Gasteiger partial charge in [0.2, 0.25) is 0 Å². The molecule has 4 aromatic rings. The Morgan fingerprint density at radius 2 is 1.42 bits per heavy atom. The summed E-state index contributed by atoms with van der Waals surface area (Å²) >= 11 is 0. The molecular weight excluding hydrogens is 314 g/mol. The first-order valence-electron chi connectivity index (χ1n) is 8.74. The fraction of sp³-hybridized carbons (Fsp3) is 0.0800. The third-order valence-corrected chi connectivity index (χ3v) is 4.84. The van der Waals surface area contributed by atoms with E-state index < -0.39 is 0 Å². The Bertz CT molecular complexity index is 1130. The minimum Gasteiger partial charge on any atom is -0.265 e. The summed E-state index contributed by atoms with van der Waals surface area (Å²) in [6.45, 7) is 4.40. The van der Waals surface area contributed by atoms with Crippen molar-refractivity contribution in [2.75, 3.05) is 0 Å². The molecule has 1 heterocycles. The molecule has 0 radical (unpaired) electrons. The molecule has 1 aromatic heterocycles. The van der Waals surface area contributed by atoms with Crippen LogP contribution in [0.1, 0.15) is 22.3 Å². The van der Waals surface area contributed by atoms with Gasteiger partial charge in [0.25, 0.3) is 0 Å². The van der Waals surface area contributed by atoms with Gasteiger partial charge in [-0.25, -0.2) is 0 Å². The van der Waals surface area contributed by atoms with Crippen molar-refractivity contribution in [2.24, 2.45) is 0 Å². The van der Waals surface area contributed by atoms with Crippen LogP contribution in [0.3, 0.4) is 0 Å². The molecule has 0 amide bonds. The monoisotopic (exact) mass is 333 g/mol. The van der Waals surface area contributed by atoms with E-state index in [0.717, 1.165) is 11.1 Å². The fourth-order valence-electron chi connectivity index (χ4n) is 3.27. The Kier molecular flexibility index (Phi) is 4.25. The first-order chi connectivity index (χ1) is 12.7. The van der Waals surface area contributed by atoms with E-state index in [1.165, 1.54) is 33.0 Å². The van der Waals surface area contributed by atoms with E-state index in [9.17, 15) is 0 Å². The standard InChI is InChI=1S/C25H19N/c1-18-19(2)25(22-6-4-3-5-7-22)17-23-16-21(10-11-24(18)23)9-8-20-12-14-26-15-13-20/h3-7,10-17H,1-2H3. The molecule has 0 spiro atoms. The summed E-state index contributed by atoms with van der Waals surface area (Å²) in [6, 6.07) is 23.2. The molecule has 3 aromatic carbocycles. The molecule has 1 nitrogen and oxygen atoms in total. The first kappa shape index (κ1) is 16.1. The second-order valence-corrected chi connectivity index (χ2v) is 6.46. The third kappa shape index (κ3) is 3.10. The molecule has 26 heavy (non-hydrogen) atoms. The summed E-state index contributed by atoms with van der Waals surface area (Å²) in [7, 11) is 0. The number of hydrogen-bond donors (Lipinski definition) is 0. The SMILES string of the molecule is Cc1c(-c2ccccc2)cc2cc(C#Cc3ccncc3)ccc2c1C. The quantitative estimate of drug-likeness (QED) is 0.394. The van der Waals surface area contributed by atoms with Crippen molar-refractivity contribution in [1.29, 1.82) is 0 Å². The van der Waals surface area contributed by atoms with Crippen molar-refractivity contribution in [3.63, 3.8) is 0 Å². The second-order valence-electron chi connectivity index (χ2n) is 6.46. The topological polar surface area (TPSA) is 12.9 Å². The molecule has 0 saturated carbocycles. The van der Waals surface area contributed by atoms with Crippen LogP contribution in [-0.4, -0.2) is 4.98 Å². The van der Waals surface area contributed by atoms with Crippen molar-refractivity contribution in [3.8, 4) is 23.0 Å². The highest BCUT2D eigenvalue weighted by Crippen LogP contribution is 2.32. The molecule has 1 heteroatoms. The van der Waals surface area contributed by atoms with Crippen molar-refractivity contribution in [1.82, 2.24) is 4.98 Å². The molecule has 0 fully saturated rings. The zero-order valence-corrected chi connectivity index (χ0v) is 15.0. The highest BCUT2D eigenvalue weighted by molar-refractivity contribution is 5.93. The summed E-state index contributed by atoms with van der Waals surface area (Å²) in [5, 5.41) is 2.52. The van der Waals surface area contributed by atoms with Crippen LogP contribution in [0.15, 0.2) is 79.1 Å². The van der Waals surface area contributed by atoms with Gasteiger partial charge in [-0.2, -0.15) is 0 Å². The van der Waals surface area contributed by atoms with Crippen LogP contribution < -0.4 is 0 Å². The lowest BCUT2D eigenvalue weighted by Gasteiger charge is -2.13. The van der Waals surface area contributed by atoms with Gasteiger partial charge in [-0.05, 0) is 77.2 Å². The van der Waals surface area contributed by atoms with Crippen molar-refractivity contribution in [3.05, 3.63) is 101 Å². The minimum atomic E-state index is 0.977. The molecule has 0 aliphatic carbocycles. The van der Waals surface area contributed by atoms with Gasteiger partial charge in [0.05, 0.1) is 0 Å². The largest absolute Gasteiger partial charge is 0.265 e. The van der Waals surface area contributed by atoms with E-state index in [1.54, 1.807) is 12.4 Å². The van der Waals surface area contributed by atoms with E-state index in [-0.39, 0.29) is 0 Å². The summed E-state index contributed by atoms with van der Waals surface area (Å²) in [4.78, 5) is 4.03. The van der Waals surface area contributed by atoms with E-state index in [2.05, 4.69) is 85.3 Å². The normalized spacial score (nSPS) is 10.4. The average molecular weight is 333 g/mol. The van der Waals surface area contributed by atoms with Gasteiger partial charge < -0.3 is 0 Å². The number of nitrogens with zero attached hydrogens (tertiary/aromatic N) is 1. The molecule has 4 rings (SSSR count). The van der Waals surface area contributed by atoms with Crippen LogP contribution in [-0.2, 0) is 0 Å². The molecule has 0 unspecified atom stereocenters. The second kappa shape index (κ2) is 6.86. The number of fused-ring (bicyclic) bond motifs is 1. The van der Waals surface area contributed by atoms with Crippen LogP contribution in [0.25, 0.3) is 21.9 Å². The molecule has 0 aliphatic heterocycles. The Morgan fingerprint density at radius 1 is 0.692 bits per heavy atom. The minimum absolute atomic E-state index is 0.977. The number of aromatic nitrogens is 1. The summed E-state index contributed by atoms with van der Waals surface area (Å²) in [5.41, 5.74) is 7.20. The summed E-state index contributed by atoms with van der Waals surface area (Å²) in [6.07, 6.45) is 3.53. The van der Waals surface area contributed by atoms with Gasteiger partial charge >= 0.3 is 0 Å².